The number of carbonyl (C=O) groups is 1. The lowest BCUT2D eigenvalue weighted by molar-refractivity contribution is 0.0505. The molecule has 0 aromatic heterocycles. The maximum absolute atomic E-state index is 12.2. The molecule has 2 rings (SSSR count). The molecule has 0 atom stereocenters. The first-order chi connectivity index (χ1) is 11.4. The van der Waals surface area contributed by atoms with Gasteiger partial charge in [-0.05, 0) is 41.5 Å². The van der Waals surface area contributed by atoms with E-state index in [0.717, 1.165) is 17.2 Å². The molecule has 0 unspecified atom stereocenters. The molecule has 0 aliphatic rings. The number of hydrogen-bond acceptors (Lipinski definition) is 3. The molecule has 0 aliphatic heterocycles. The molecule has 3 nitrogen and oxygen atoms in total. The summed E-state index contributed by atoms with van der Waals surface area (Å²) in [6.07, 6.45) is 3.52. The van der Waals surface area contributed by atoms with E-state index in [1.165, 1.54) is 24.9 Å². The zero-order valence-electron chi connectivity index (χ0n) is 15.0. The van der Waals surface area contributed by atoms with Crippen LogP contribution in [0.1, 0.15) is 36.5 Å². The first-order valence-electron chi connectivity index (χ1n) is 8.81. The SMILES string of the molecule is CCCC[Si](C)(C)CCCOC(=O)c1ccc2cc(O)ccc2c1. The average Bonchev–Trinajstić information content (AvgIpc) is 2.56. The highest BCUT2D eigenvalue weighted by molar-refractivity contribution is 6.77. The number of ether oxygens (including phenoxy) is 1. The van der Waals surface area contributed by atoms with E-state index >= 15 is 0 Å². The Morgan fingerprint density at radius 2 is 1.71 bits per heavy atom. The number of phenols is 1. The molecule has 0 saturated carbocycles. The second-order valence-electron chi connectivity index (χ2n) is 7.25. The van der Waals surface area contributed by atoms with Gasteiger partial charge in [-0.3, -0.25) is 0 Å². The number of unbranched alkanes of at least 4 members (excludes halogenated alkanes) is 1. The zero-order chi connectivity index (χ0) is 17.6. The molecule has 0 amide bonds. The molecule has 0 spiro atoms. The number of phenolic OH excluding ortho intramolecular Hbond substituents is 1. The van der Waals surface area contributed by atoms with Crippen molar-refractivity contribution in [1.29, 1.82) is 0 Å². The minimum absolute atomic E-state index is 0.229. The van der Waals surface area contributed by atoms with Crippen LogP contribution in [0.3, 0.4) is 0 Å². The van der Waals surface area contributed by atoms with Crippen LogP contribution in [0.5, 0.6) is 5.75 Å². The number of benzene rings is 2. The highest BCUT2D eigenvalue weighted by Gasteiger charge is 2.19. The molecule has 1 N–H and O–H groups in total. The topological polar surface area (TPSA) is 46.5 Å². The molecule has 0 fully saturated rings. The number of hydrogen-bond donors (Lipinski definition) is 1. The summed E-state index contributed by atoms with van der Waals surface area (Å²) >= 11 is 0. The third-order valence-electron chi connectivity index (χ3n) is 4.50. The average molecular weight is 345 g/mol. The van der Waals surface area contributed by atoms with Crippen LogP contribution >= 0.6 is 0 Å². The molecular formula is C20H28O3Si. The Bertz CT molecular complexity index is 694. The summed E-state index contributed by atoms with van der Waals surface area (Å²) in [5.74, 6) is -0.0364. The summed E-state index contributed by atoms with van der Waals surface area (Å²) in [5.41, 5.74) is 0.565. The Balaban J connectivity index is 1.85. The van der Waals surface area contributed by atoms with Crippen LogP contribution in [0, 0.1) is 0 Å². The first-order valence-corrected chi connectivity index (χ1v) is 12.2. The second kappa shape index (κ2) is 8.33. The predicted octanol–water partition coefficient (Wildman–Crippen LogP) is 5.60. The van der Waals surface area contributed by atoms with Gasteiger partial charge in [0.1, 0.15) is 5.75 Å². The van der Waals surface area contributed by atoms with Crippen LogP contribution < -0.4 is 0 Å². The van der Waals surface area contributed by atoms with Crippen molar-refractivity contribution in [2.45, 2.75) is 51.4 Å². The van der Waals surface area contributed by atoms with Crippen LogP contribution in [0.4, 0.5) is 0 Å². The Labute approximate surface area is 145 Å². The molecule has 2 aromatic carbocycles. The van der Waals surface area contributed by atoms with Crippen molar-refractivity contribution in [1.82, 2.24) is 0 Å². The zero-order valence-corrected chi connectivity index (χ0v) is 16.0. The summed E-state index contributed by atoms with van der Waals surface area (Å²) in [7, 11) is -1.13. The number of esters is 1. The van der Waals surface area contributed by atoms with E-state index < -0.39 is 8.07 Å². The Kier molecular flexibility index (Phi) is 6.43. The van der Waals surface area contributed by atoms with Gasteiger partial charge in [0.15, 0.2) is 0 Å². The van der Waals surface area contributed by atoms with Gasteiger partial charge in [-0.15, -0.1) is 0 Å². The minimum Gasteiger partial charge on any atom is -0.508 e. The van der Waals surface area contributed by atoms with Crippen molar-refractivity contribution < 1.29 is 14.6 Å². The lowest BCUT2D eigenvalue weighted by Crippen LogP contribution is -2.25. The third kappa shape index (κ3) is 5.37. The van der Waals surface area contributed by atoms with Crippen LogP contribution in [0.25, 0.3) is 10.8 Å². The van der Waals surface area contributed by atoms with E-state index in [1.54, 1.807) is 18.2 Å². The standard InChI is InChI=1S/C20H28O3Si/c1-4-5-12-24(2,3)13-6-11-23-20(22)18-8-7-17-15-19(21)10-9-16(17)14-18/h7-10,14-15,21H,4-6,11-13H2,1-3H3. The quantitative estimate of drug-likeness (QED) is 0.385. The van der Waals surface area contributed by atoms with Gasteiger partial charge in [-0.25, -0.2) is 4.79 Å². The van der Waals surface area contributed by atoms with E-state index in [2.05, 4.69) is 20.0 Å². The molecule has 2 aromatic rings. The van der Waals surface area contributed by atoms with Gasteiger partial charge in [-0.2, -0.15) is 0 Å². The van der Waals surface area contributed by atoms with Crippen molar-refractivity contribution in [3.63, 3.8) is 0 Å². The smallest absolute Gasteiger partial charge is 0.338 e. The normalized spacial score (nSPS) is 11.6. The van der Waals surface area contributed by atoms with Crippen molar-refractivity contribution >= 4 is 24.8 Å². The van der Waals surface area contributed by atoms with E-state index in [0.29, 0.717) is 12.2 Å². The fourth-order valence-corrected chi connectivity index (χ4v) is 5.60. The molecule has 0 saturated heterocycles. The fourth-order valence-electron chi connectivity index (χ4n) is 2.94. The highest BCUT2D eigenvalue weighted by atomic mass is 28.3. The Hall–Kier alpha value is -1.81. The number of fused-ring (bicyclic) bond motifs is 1. The van der Waals surface area contributed by atoms with Crippen LogP contribution in [-0.4, -0.2) is 25.8 Å². The third-order valence-corrected chi connectivity index (χ3v) is 7.91. The molecule has 130 valence electrons. The van der Waals surface area contributed by atoms with E-state index in [4.69, 9.17) is 4.74 Å². The van der Waals surface area contributed by atoms with Crippen molar-refractivity contribution in [2.75, 3.05) is 6.61 Å². The largest absolute Gasteiger partial charge is 0.508 e. The molecule has 0 heterocycles. The molecule has 0 bridgehead atoms. The fraction of sp³-hybridized carbons (Fsp3) is 0.450. The molecule has 0 radical (unpaired) electrons. The lowest BCUT2D eigenvalue weighted by atomic mass is 10.1. The summed E-state index contributed by atoms with van der Waals surface area (Å²) in [4.78, 5) is 12.2. The first kappa shape index (κ1) is 18.5. The lowest BCUT2D eigenvalue weighted by Gasteiger charge is -2.21. The van der Waals surface area contributed by atoms with Crippen molar-refractivity contribution in [3.05, 3.63) is 42.0 Å². The maximum Gasteiger partial charge on any atom is 0.338 e. The Morgan fingerprint density at radius 3 is 2.46 bits per heavy atom. The van der Waals surface area contributed by atoms with Gasteiger partial charge in [0.2, 0.25) is 0 Å². The van der Waals surface area contributed by atoms with E-state index in [-0.39, 0.29) is 11.7 Å². The van der Waals surface area contributed by atoms with Gasteiger partial charge < -0.3 is 9.84 Å². The maximum atomic E-state index is 12.2. The Morgan fingerprint density at radius 1 is 1.04 bits per heavy atom. The number of carbonyl (C=O) groups excluding carboxylic acids is 1. The van der Waals surface area contributed by atoms with Crippen LogP contribution in [0.2, 0.25) is 25.2 Å². The minimum atomic E-state index is -1.13. The van der Waals surface area contributed by atoms with Gasteiger partial charge in [0.05, 0.1) is 12.2 Å². The molecule has 0 aliphatic carbocycles. The summed E-state index contributed by atoms with van der Waals surface area (Å²) in [6, 6.07) is 13.1. The second-order valence-corrected chi connectivity index (χ2v) is 12.6. The van der Waals surface area contributed by atoms with Gasteiger partial charge >= 0.3 is 5.97 Å². The highest BCUT2D eigenvalue weighted by Crippen LogP contribution is 2.22. The van der Waals surface area contributed by atoms with Crippen molar-refractivity contribution in [3.8, 4) is 5.75 Å². The molecule has 24 heavy (non-hydrogen) atoms. The van der Waals surface area contributed by atoms with Gasteiger partial charge in [0, 0.05) is 8.07 Å². The monoisotopic (exact) mass is 344 g/mol. The summed E-state index contributed by atoms with van der Waals surface area (Å²) < 4.78 is 5.43. The van der Waals surface area contributed by atoms with Gasteiger partial charge in [-0.1, -0.05) is 57.1 Å². The van der Waals surface area contributed by atoms with Crippen LogP contribution in [-0.2, 0) is 4.74 Å². The van der Waals surface area contributed by atoms with E-state index in [9.17, 15) is 9.90 Å². The number of rotatable bonds is 8. The summed E-state index contributed by atoms with van der Waals surface area (Å²) in [6.45, 7) is 7.57. The molecule has 4 heteroatoms. The van der Waals surface area contributed by atoms with Gasteiger partial charge in [0.25, 0.3) is 0 Å². The van der Waals surface area contributed by atoms with Crippen LogP contribution in [0.15, 0.2) is 36.4 Å². The number of aromatic hydroxyl groups is 1. The van der Waals surface area contributed by atoms with E-state index in [1.807, 2.05) is 18.2 Å². The summed E-state index contributed by atoms with van der Waals surface area (Å²) in [5, 5.41) is 11.3. The van der Waals surface area contributed by atoms with Crippen molar-refractivity contribution in [2.24, 2.45) is 0 Å². The predicted molar refractivity (Wildman–Crippen MR) is 103 cm³/mol. The molecular weight excluding hydrogens is 316 g/mol.